The summed E-state index contributed by atoms with van der Waals surface area (Å²) in [6, 6.07) is 14.1. The molecule has 0 aliphatic heterocycles. The van der Waals surface area contributed by atoms with Crippen LogP contribution in [-0.4, -0.2) is 7.11 Å². The zero-order valence-corrected chi connectivity index (χ0v) is 11.1. The molecule has 0 saturated carbocycles. The van der Waals surface area contributed by atoms with Crippen molar-refractivity contribution < 1.29 is 9.47 Å². The SMILES string of the molecule is COc1cccc(COc2ccc(C)cc2C)c1. The summed E-state index contributed by atoms with van der Waals surface area (Å²) in [6.45, 7) is 4.70. The minimum atomic E-state index is 0.557. The molecule has 0 aliphatic rings. The van der Waals surface area contributed by atoms with E-state index in [2.05, 4.69) is 26.0 Å². The highest BCUT2D eigenvalue weighted by Crippen LogP contribution is 2.21. The molecule has 0 aromatic heterocycles. The highest BCUT2D eigenvalue weighted by molar-refractivity contribution is 5.36. The monoisotopic (exact) mass is 242 g/mol. The lowest BCUT2D eigenvalue weighted by Crippen LogP contribution is -1.97. The molecule has 0 aliphatic carbocycles. The van der Waals surface area contributed by atoms with E-state index in [4.69, 9.17) is 9.47 Å². The van der Waals surface area contributed by atoms with Crippen LogP contribution in [0.5, 0.6) is 11.5 Å². The Morgan fingerprint density at radius 3 is 2.56 bits per heavy atom. The Hall–Kier alpha value is -1.96. The maximum Gasteiger partial charge on any atom is 0.122 e. The van der Waals surface area contributed by atoms with E-state index in [1.54, 1.807) is 7.11 Å². The Kier molecular flexibility index (Phi) is 3.88. The quantitative estimate of drug-likeness (QED) is 0.809. The first-order valence-corrected chi connectivity index (χ1v) is 6.02. The van der Waals surface area contributed by atoms with Gasteiger partial charge in [0.05, 0.1) is 7.11 Å². The highest BCUT2D eigenvalue weighted by Gasteiger charge is 2.01. The third kappa shape index (κ3) is 3.04. The molecule has 94 valence electrons. The number of aryl methyl sites for hydroxylation is 2. The predicted octanol–water partition coefficient (Wildman–Crippen LogP) is 3.89. The molecule has 2 aromatic carbocycles. The van der Waals surface area contributed by atoms with Gasteiger partial charge in [-0.3, -0.25) is 0 Å². The van der Waals surface area contributed by atoms with Crippen molar-refractivity contribution in [2.24, 2.45) is 0 Å². The first-order chi connectivity index (χ1) is 8.69. The van der Waals surface area contributed by atoms with Gasteiger partial charge >= 0.3 is 0 Å². The molecule has 18 heavy (non-hydrogen) atoms. The third-order valence-electron chi connectivity index (χ3n) is 2.86. The summed E-state index contributed by atoms with van der Waals surface area (Å²) in [7, 11) is 1.67. The molecule has 0 saturated heterocycles. The molecule has 2 nitrogen and oxygen atoms in total. The topological polar surface area (TPSA) is 18.5 Å². The van der Waals surface area contributed by atoms with Gasteiger partial charge in [-0.1, -0.05) is 29.8 Å². The number of benzene rings is 2. The van der Waals surface area contributed by atoms with Gasteiger partial charge in [0.25, 0.3) is 0 Å². The lowest BCUT2D eigenvalue weighted by molar-refractivity contribution is 0.303. The van der Waals surface area contributed by atoms with Crippen molar-refractivity contribution in [3.63, 3.8) is 0 Å². The smallest absolute Gasteiger partial charge is 0.122 e. The molecule has 0 bridgehead atoms. The third-order valence-corrected chi connectivity index (χ3v) is 2.86. The van der Waals surface area contributed by atoms with Crippen molar-refractivity contribution in [1.29, 1.82) is 0 Å². The normalized spacial score (nSPS) is 10.2. The van der Waals surface area contributed by atoms with Gasteiger partial charge in [0.1, 0.15) is 18.1 Å². The Morgan fingerprint density at radius 1 is 1.00 bits per heavy atom. The fraction of sp³-hybridized carbons (Fsp3) is 0.250. The van der Waals surface area contributed by atoms with Gasteiger partial charge in [-0.2, -0.15) is 0 Å². The van der Waals surface area contributed by atoms with E-state index in [0.717, 1.165) is 22.6 Å². The Morgan fingerprint density at radius 2 is 1.83 bits per heavy atom. The fourth-order valence-corrected chi connectivity index (χ4v) is 1.88. The molecular weight excluding hydrogens is 224 g/mol. The number of ether oxygens (including phenoxy) is 2. The second-order valence-electron chi connectivity index (χ2n) is 4.41. The summed E-state index contributed by atoms with van der Waals surface area (Å²) >= 11 is 0. The van der Waals surface area contributed by atoms with E-state index in [1.165, 1.54) is 5.56 Å². The zero-order chi connectivity index (χ0) is 13.0. The second-order valence-corrected chi connectivity index (χ2v) is 4.41. The van der Waals surface area contributed by atoms with Crippen LogP contribution in [-0.2, 0) is 6.61 Å². The maximum atomic E-state index is 5.82. The molecule has 2 aromatic rings. The lowest BCUT2D eigenvalue weighted by Gasteiger charge is -2.10. The van der Waals surface area contributed by atoms with Crippen LogP contribution < -0.4 is 9.47 Å². The molecular formula is C16H18O2. The second kappa shape index (κ2) is 5.58. The van der Waals surface area contributed by atoms with E-state index in [1.807, 2.05) is 30.3 Å². The van der Waals surface area contributed by atoms with E-state index in [0.29, 0.717) is 6.61 Å². The van der Waals surface area contributed by atoms with Crippen molar-refractivity contribution >= 4 is 0 Å². The van der Waals surface area contributed by atoms with Crippen molar-refractivity contribution in [1.82, 2.24) is 0 Å². The fourth-order valence-electron chi connectivity index (χ4n) is 1.88. The van der Waals surface area contributed by atoms with Crippen molar-refractivity contribution in [3.8, 4) is 11.5 Å². The van der Waals surface area contributed by atoms with E-state index >= 15 is 0 Å². The molecule has 0 N–H and O–H groups in total. The van der Waals surface area contributed by atoms with E-state index in [-0.39, 0.29) is 0 Å². The average Bonchev–Trinajstić information content (AvgIpc) is 2.38. The minimum absolute atomic E-state index is 0.557. The van der Waals surface area contributed by atoms with Gasteiger partial charge in [-0.05, 0) is 43.2 Å². The first kappa shape index (κ1) is 12.5. The van der Waals surface area contributed by atoms with Crippen LogP contribution in [0.4, 0.5) is 0 Å². The van der Waals surface area contributed by atoms with Crippen molar-refractivity contribution in [2.75, 3.05) is 7.11 Å². The van der Waals surface area contributed by atoms with Crippen LogP contribution in [0.2, 0.25) is 0 Å². The summed E-state index contributed by atoms with van der Waals surface area (Å²) in [4.78, 5) is 0. The molecule has 0 heterocycles. The van der Waals surface area contributed by atoms with Crippen LogP contribution in [0, 0.1) is 13.8 Å². The standard InChI is InChI=1S/C16H18O2/c1-12-7-8-16(13(2)9-12)18-11-14-5-4-6-15(10-14)17-3/h4-10H,11H2,1-3H3. The zero-order valence-electron chi connectivity index (χ0n) is 11.1. The Labute approximate surface area is 108 Å². The van der Waals surface area contributed by atoms with Crippen molar-refractivity contribution in [3.05, 3.63) is 59.2 Å². The van der Waals surface area contributed by atoms with Crippen LogP contribution >= 0.6 is 0 Å². The van der Waals surface area contributed by atoms with Gasteiger partial charge in [-0.15, -0.1) is 0 Å². The highest BCUT2D eigenvalue weighted by atomic mass is 16.5. The predicted molar refractivity (Wildman–Crippen MR) is 73.2 cm³/mol. The van der Waals surface area contributed by atoms with Crippen molar-refractivity contribution in [2.45, 2.75) is 20.5 Å². The number of hydrogen-bond donors (Lipinski definition) is 0. The van der Waals surface area contributed by atoms with Gasteiger partial charge in [-0.25, -0.2) is 0 Å². The van der Waals surface area contributed by atoms with E-state index in [9.17, 15) is 0 Å². The molecule has 0 radical (unpaired) electrons. The Bertz CT molecular complexity index is 532. The molecule has 0 atom stereocenters. The van der Waals surface area contributed by atoms with Crippen LogP contribution in [0.3, 0.4) is 0 Å². The maximum absolute atomic E-state index is 5.82. The largest absolute Gasteiger partial charge is 0.497 e. The van der Waals surface area contributed by atoms with Gasteiger partial charge in [0, 0.05) is 0 Å². The minimum Gasteiger partial charge on any atom is -0.497 e. The van der Waals surface area contributed by atoms with Crippen LogP contribution in [0.15, 0.2) is 42.5 Å². The average molecular weight is 242 g/mol. The number of hydrogen-bond acceptors (Lipinski definition) is 2. The summed E-state index contributed by atoms with van der Waals surface area (Å²) in [6.07, 6.45) is 0. The molecule has 2 heteroatoms. The Balaban J connectivity index is 2.06. The number of methoxy groups -OCH3 is 1. The summed E-state index contributed by atoms with van der Waals surface area (Å²) in [5.74, 6) is 1.79. The van der Waals surface area contributed by atoms with Gasteiger partial charge < -0.3 is 9.47 Å². The molecule has 0 unspecified atom stereocenters. The van der Waals surface area contributed by atoms with Gasteiger partial charge in [0.2, 0.25) is 0 Å². The summed E-state index contributed by atoms with van der Waals surface area (Å²) < 4.78 is 11.0. The first-order valence-electron chi connectivity index (χ1n) is 6.02. The van der Waals surface area contributed by atoms with Crippen LogP contribution in [0.25, 0.3) is 0 Å². The molecule has 0 amide bonds. The summed E-state index contributed by atoms with van der Waals surface area (Å²) in [5, 5.41) is 0. The van der Waals surface area contributed by atoms with E-state index < -0.39 is 0 Å². The molecule has 0 spiro atoms. The van der Waals surface area contributed by atoms with Gasteiger partial charge in [0.15, 0.2) is 0 Å². The summed E-state index contributed by atoms with van der Waals surface area (Å²) in [5.41, 5.74) is 3.52. The van der Waals surface area contributed by atoms with Crippen LogP contribution in [0.1, 0.15) is 16.7 Å². The molecule has 2 rings (SSSR count). The molecule has 0 fully saturated rings. The lowest BCUT2D eigenvalue weighted by atomic mass is 10.1. The number of rotatable bonds is 4.